The molecule has 2 rings (SSSR count). The van der Waals surface area contributed by atoms with E-state index in [-0.39, 0.29) is 11.8 Å². The molecule has 1 saturated heterocycles. The molecule has 0 atom stereocenters. The van der Waals surface area contributed by atoms with Crippen LogP contribution in [0.3, 0.4) is 0 Å². The summed E-state index contributed by atoms with van der Waals surface area (Å²) < 4.78 is 0. The Bertz CT molecular complexity index is 471. The van der Waals surface area contributed by atoms with Crippen LogP contribution in [0.15, 0.2) is 18.2 Å². The fourth-order valence-corrected chi connectivity index (χ4v) is 2.89. The summed E-state index contributed by atoms with van der Waals surface area (Å²) in [5, 5.41) is 4.09. The van der Waals surface area contributed by atoms with Crippen LogP contribution < -0.4 is 5.32 Å². The van der Waals surface area contributed by atoms with E-state index in [4.69, 9.17) is 23.2 Å². The minimum Gasteiger partial charge on any atom is -0.356 e. The SMILES string of the molecule is CCNC(=O)C1CCN(Cc2ccc(Cl)c(Cl)c2)CC1. The van der Waals surface area contributed by atoms with Gasteiger partial charge in [0.2, 0.25) is 5.91 Å². The Morgan fingerprint density at radius 3 is 2.60 bits per heavy atom. The largest absolute Gasteiger partial charge is 0.356 e. The number of amides is 1. The number of carbonyl (C=O) groups is 1. The summed E-state index contributed by atoms with van der Waals surface area (Å²) in [6.07, 6.45) is 1.85. The van der Waals surface area contributed by atoms with Gasteiger partial charge in [0.25, 0.3) is 0 Å². The maximum absolute atomic E-state index is 11.8. The molecule has 20 heavy (non-hydrogen) atoms. The third-order valence-electron chi connectivity index (χ3n) is 3.70. The third kappa shape index (κ3) is 4.11. The number of carbonyl (C=O) groups excluding carboxylic acids is 1. The van der Waals surface area contributed by atoms with E-state index in [0.29, 0.717) is 16.6 Å². The van der Waals surface area contributed by atoms with Crippen molar-refractivity contribution in [3.05, 3.63) is 33.8 Å². The summed E-state index contributed by atoms with van der Waals surface area (Å²) in [7, 11) is 0. The maximum atomic E-state index is 11.8. The second-order valence-electron chi connectivity index (χ2n) is 5.19. The summed E-state index contributed by atoms with van der Waals surface area (Å²) >= 11 is 11.9. The summed E-state index contributed by atoms with van der Waals surface area (Å²) in [4.78, 5) is 14.1. The quantitative estimate of drug-likeness (QED) is 0.924. The zero-order valence-corrected chi connectivity index (χ0v) is 13.2. The number of nitrogens with zero attached hydrogens (tertiary/aromatic N) is 1. The van der Waals surface area contributed by atoms with E-state index in [1.54, 1.807) is 0 Å². The lowest BCUT2D eigenvalue weighted by atomic mass is 9.95. The standard InChI is InChI=1S/C15H20Cl2N2O/c1-2-18-15(20)12-5-7-19(8-6-12)10-11-3-4-13(16)14(17)9-11/h3-4,9,12H,2,5-8,10H2,1H3,(H,18,20). The highest BCUT2D eigenvalue weighted by Crippen LogP contribution is 2.24. The molecule has 1 aromatic carbocycles. The summed E-state index contributed by atoms with van der Waals surface area (Å²) in [6.45, 7) is 5.42. The lowest BCUT2D eigenvalue weighted by Gasteiger charge is -2.31. The van der Waals surface area contributed by atoms with Gasteiger partial charge in [-0.05, 0) is 50.6 Å². The highest BCUT2D eigenvalue weighted by Gasteiger charge is 2.24. The Morgan fingerprint density at radius 2 is 2.00 bits per heavy atom. The van der Waals surface area contributed by atoms with Crippen molar-refractivity contribution in [2.45, 2.75) is 26.3 Å². The van der Waals surface area contributed by atoms with Gasteiger partial charge in [-0.1, -0.05) is 29.3 Å². The first-order valence-corrected chi connectivity index (χ1v) is 7.79. The highest BCUT2D eigenvalue weighted by atomic mass is 35.5. The second kappa shape index (κ2) is 7.30. The number of halogens is 2. The van der Waals surface area contributed by atoms with Crippen molar-refractivity contribution in [3.63, 3.8) is 0 Å². The van der Waals surface area contributed by atoms with Gasteiger partial charge in [0.1, 0.15) is 0 Å². The molecule has 0 aromatic heterocycles. The zero-order valence-electron chi connectivity index (χ0n) is 11.7. The van der Waals surface area contributed by atoms with Crippen molar-refractivity contribution in [2.75, 3.05) is 19.6 Å². The Labute approximate surface area is 130 Å². The summed E-state index contributed by atoms with van der Waals surface area (Å²) in [5.74, 6) is 0.363. The molecule has 0 saturated carbocycles. The van der Waals surface area contributed by atoms with Crippen LogP contribution in [0.2, 0.25) is 10.0 Å². The molecule has 1 heterocycles. The van der Waals surface area contributed by atoms with Crippen LogP contribution in [-0.4, -0.2) is 30.4 Å². The van der Waals surface area contributed by atoms with E-state index >= 15 is 0 Å². The van der Waals surface area contributed by atoms with E-state index < -0.39 is 0 Å². The number of nitrogens with one attached hydrogen (secondary N) is 1. The second-order valence-corrected chi connectivity index (χ2v) is 6.01. The molecule has 1 aromatic rings. The number of likely N-dealkylation sites (tertiary alicyclic amines) is 1. The van der Waals surface area contributed by atoms with Gasteiger partial charge in [0, 0.05) is 19.0 Å². The van der Waals surface area contributed by atoms with Gasteiger partial charge in [0.15, 0.2) is 0 Å². The van der Waals surface area contributed by atoms with Gasteiger partial charge in [-0.25, -0.2) is 0 Å². The van der Waals surface area contributed by atoms with Crippen molar-refractivity contribution < 1.29 is 4.79 Å². The van der Waals surface area contributed by atoms with Crippen molar-refractivity contribution in [2.24, 2.45) is 5.92 Å². The molecule has 1 N–H and O–H groups in total. The summed E-state index contributed by atoms with van der Waals surface area (Å²) in [5.41, 5.74) is 1.16. The normalized spacial score (nSPS) is 17.1. The van der Waals surface area contributed by atoms with Crippen LogP contribution >= 0.6 is 23.2 Å². The van der Waals surface area contributed by atoms with E-state index in [9.17, 15) is 4.79 Å². The van der Waals surface area contributed by atoms with Crippen LogP contribution in [0.4, 0.5) is 0 Å². The lowest BCUT2D eigenvalue weighted by molar-refractivity contribution is -0.126. The Morgan fingerprint density at radius 1 is 1.30 bits per heavy atom. The molecule has 0 unspecified atom stereocenters. The first-order chi connectivity index (χ1) is 9.60. The average molecular weight is 315 g/mol. The number of hydrogen-bond acceptors (Lipinski definition) is 2. The topological polar surface area (TPSA) is 32.3 Å². The number of rotatable bonds is 4. The molecule has 1 amide bonds. The number of piperidine rings is 1. The zero-order chi connectivity index (χ0) is 14.5. The van der Waals surface area contributed by atoms with Gasteiger partial charge >= 0.3 is 0 Å². The van der Waals surface area contributed by atoms with Crippen LogP contribution in [0, 0.1) is 5.92 Å². The average Bonchev–Trinajstić information content (AvgIpc) is 2.44. The fraction of sp³-hybridized carbons (Fsp3) is 0.533. The Balaban J connectivity index is 1.85. The van der Waals surface area contributed by atoms with Gasteiger partial charge < -0.3 is 5.32 Å². The minimum atomic E-state index is 0.167. The smallest absolute Gasteiger partial charge is 0.223 e. The minimum absolute atomic E-state index is 0.167. The molecule has 5 heteroatoms. The van der Waals surface area contributed by atoms with E-state index in [2.05, 4.69) is 10.2 Å². The molecule has 0 aliphatic carbocycles. The predicted molar refractivity (Wildman–Crippen MR) is 83.1 cm³/mol. The van der Waals surface area contributed by atoms with Crippen LogP contribution in [0.5, 0.6) is 0 Å². The van der Waals surface area contributed by atoms with E-state index in [1.165, 1.54) is 0 Å². The molecular formula is C15H20Cl2N2O. The van der Waals surface area contributed by atoms with E-state index in [1.807, 2.05) is 25.1 Å². The first kappa shape index (κ1) is 15.6. The highest BCUT2D eigenvalue weighted by molar-refractivity contribution is 6.42. The summed E-state index contributed by atoms with van der Waals surface area (Å²) in [6, 6.07) is 5.75. The Hall–Kier alpha value is -0.770. The first-order valence-electron chi connectivity index (χ1n) is 7.04. The number of hydrogen-bond donors (Lipinski definition) is 1. The van der Waals surface area contributed by atoms with Crippen molar-refractivity contribution in [1.29, 1.82) is 0 Å². The van der Waals surface area contributed by atoms with Crippen molar-refractivity contribution >= 4 is 29.1 Å². The van der Waals surface area contributed by atoms with Crippen LogP contribution in [0.25, 0.3) is 0 Å². The molecule has 0 spiro atoms. The molecule has 110 valence electrons. The van der Waals surface area contributed by atoms with Crippen LogP contribution in [-0.2, 0) is 11.3 Å². The predicted octanol–water partition coefficient (Wildman–Crippen LogP) is 3.34. The third-order valence-corrected chi connectivity index (χ3v) is 4.44. The molecule has 1 aliphatic heterocycles. The van der Waals surface area contributed by atoms with Crippen molar-refractivity contribution in [1.82, 2.24) is 10.2 Å². The van der Waals surface area contributed by atoms with Gasteiger partial charge in [0.05, 0.1) is 10.0 Å². The number of benzene rings is 1. The molecular weight excluding hydrogens is 295 g/mol. The molecule has 0 bridgehead atoms. The van der Waals surface area contributed by atoms with Gasteiger partial charge in [-0.15, -0.1) is 0 Å². The molecule has 0 radical (unpaired) electrons. The maximum Gasteiger partial charge on any atom is 0.223 e. The van der Waals surface area contributed by atoms with E-state index in [0.717, 1.165) is 38.0 Å². The fourth-order valence-electron chi connectivity index (χ4n) is 2.57. The molecule has 1 fully saturated rings. The Kier molecular flexibility index (Phi) is 5.70. The lowest BCUT2D eigenvalue weighted by Crippen LogP contribution is -2.40. The van der Waals surface area contributed by atoms with Crippen LogP contribution in [0.1, 0.15) is 25.3 Å². The van der Waals surface area contributed by atoms with Gasteiger partial charge in [-0.2, -0.15) is 0 Å². The van der Waals surface area contributed by atoms with Crippen molar-refractivity contribution in [3.8, 4) is 0 Å². The monoisotopic (exact) mass is 314 g/mol. The molecule has 1 aliphatic rings. The molecule has 3 nitrogen and oxygen atoms in total. The van der Waals surface area contributed by atoms with Gasteiger partial charge in [-0.3, -0.25) is 9.69 Å².